The summed E-state index contributed by atoms with van der Waals surface area (Å²) in [6, 6.07) is 44.3. The minimum Gasteiger partial charge on any atom is -0.464 e. The summed E-state index contributed by atoms with van der Waals surface area (Å²) < 4.78 is 7.73. The summed E-state index contributed by atoms with van der Waals surface area (Å²) >= 11 is 0. The molecule has 0 N–H and O–H groups in total. The zero-order valence-corrected chi connectivity index (χ0v) is 19.5. The Morgan fingerprint density at radius 2 is 1.19 bits per heavy atom. The van der Waals surface area contributed by atoms with Crippen LogP contribution < -0.4 is 0 Å². The summed E-state index contributed by atoms with van der Waals surface area (Å²) in [7, 11) is 0. The van der Waals surface area contributed by atoms with Gasteiger partial charge in [0.05, 0.1) is 23.2 Å². The number of nitrogens with zero attached hydrogens (tertiary/aromatic N) is 2. The topological polar surface area (TPSA) is 30.4 Å². The highest BCUT2D eigenvalue weighted by Gasteiger charge is 2.14. The van der Waals surface area contributed by atoms with Crippen LogP contribution in [0.4, 0.5) is 0 Å². The maximum Gasteiger partial charge on any atom is 0.133 e. The smallest absolute Gasteiger partial charge is 0.133 e. The minimum absolute atomic E-state index is 0.866. The van der Waals surface area contributed by atoms with E-state index in [1.165, 1.54) is 11.1 Å². The first-order chi connectivity index (χ1) is 17.8. The van der Waals surface area contributed by atoms with Gasteiger partial charge in [0.25, 0.3) is 0 Å². The molecule has 3 heterocycles. The van der Waals surface area contributed by atoms with Crippen molar-refractivity contribution in [3.8, 4) is 45.0 Å². The van der Waals surface area contributed by atoms with Gasteiger partial charge in [0.15, 0.2) is 0 Å². The lowest BCUT2D eigenvalue weighted by Crippen LogP contribution is -1.95. The third-order valence-electron chi connectivity index (χ3n) is 6.72. The van der Waals surface area contributed by atoms with Gasteiger partial charge in [0.1, 0.15) is 5.76 Å². The van der Waals surface area contributed by atoms with Gasteiger partial charge in [-0.3, -0.25) is 0 Å². The molecule has 0 aliphatic heterocycles. The molecule has 3 heteroatoms. The zero-order chi connectivity index (χ0) is 23.9. The van der Waals surface area contributed by atoms with Gasteiger partial charge in [-0.25, -0.2) is 4.52 Å². The number of hydrogen-bond acceptors (Lipinski definition) is 2. The van der Waals surface area contributed by atoms with Crippen molar-refractivity contribution in [1.29, 1.82) is 0 Å². The molecule has 0 aliphatic carbocycles. The van der Waals surface area contributed by atoms with Crippen molar-refractivity contribution < 1.29 is 4.42 Å². The summed E-state index contributed by atoms with van der Waals surface area (Å²) in [6.07, 6.45) is 1.71. The van der Waals surface area contributed by atoms with E-state index in [0.717, 1.165) is 50.1 Å². The van der Waals surface area contributed by atoms with Gasteiger partial charge in [-0.15, -0.1) is 0 Å². The largest absolute Gasteiger partial charge is 0.464 e. The van der Waals surface area contributed by atoms with Crippen LogP contribution in [0.5, 0.6) is 0 Å². The zero-order valence-electron chi connectivity index (χ0n) is 19.5. The lowest BCUT2D eigenvalue weighted by atomic mass is 10.0. The van der Waals surface area contributed by atoms with Crippen LogP contribution >= 0.6 is 0 Å². The van der Waals surface area contributed by atoms with Crippen molar-refractivity contribution in [2.75, 3.05) is 0 Å². The maximum absolute atomic E-state index is 5.66. The lowest BCUT2D eigenvalue weighted by Gasteiger charge is -2.10. The predicted octanol–water partition coefficient (Wildman–Crippen LogP) is 8.75. The summed E-state index contributed by atoms with van der Waals surface area (Å²) in [5, 5.41) is 7.39. The number of hydrogen-bond donors (Lipinski definition) is 0. The van der Waals surface area contributed by atoms with Crippen LogP contribution in [0.15, 0.2) is 138 Å². The van der Waals surface area contributed by atoms with Gasteiger partial charge in [0, 0.05) is 22.1 Å². The van der Waals surface area contributed by atoms with Crippen molar-refractivity contribution in [3.05, 3.63) is 134 Å². The van der Waals surface area contributed by atoms with Crippen LogP contribution in [0, 0.1) is 0 Å². The summed E-state index contributed by atoms with van der Waals surface area (Å²) in [5.74, 6) is 0.866. The Hall–Kier alpha value is -4.89. The Labute approximate surface area is 208 Å². The summed E-state index contributed by atoms with van der Waals surface area (Å²) in [6.45, 7) is 0. The molecule has 0 spiro atoms. The molecule has 0 aliphatic rings. The van der Waals surface area contributed by atoms with E-state index in [2.05, 4.69) is 108 Å². The van der Waals surface area contributed by atoms with E-state index < -0.39 is 0 Å². The van der Waals surface area contributed by atoms with Crippen LogP contribution in [0.1, 0.15) is 0 Å². The second-order valence-electron chi connectivity index (χ2n) is 8.94. The van der Waals surface area contributed by atoms with E-state index in [0.29, 0.717) is 0 Å². The van der Waals surface area contributed by atoms with E-state index >= 15 is 0 Å². The highest BCUT2D eigenvalue weighted by Crippen LogP contribution is 2.34. The number of aromatic nitrogens is 2. The minimum atomic E-state index is 0.866. The molecular weight excluding hydrogens is 440 g/mol. The Balaban J connectivity index is 1.41. The number of rotatable bonds is 4. The van der Waals surface area contributed by atoms with Crippen LogP contribution in [-0.2, 0) is 0 Å². The standard InChI is InChI=1S/C33H22N2O/c1-3-8-23(9-4-1)24-13-15-25(16-14-24)30-22-32-29-18-17-27(33-12-7-19-36-33)20-28(29)21-31(35(32)34-30)26-10-5-2-6-11-26/h1-22H. The summed E-state index contributed by atoms with van der Waals surface area (Å²) in [4.78, 5) is 0. The highest BCUT2D eigenvalue weighted by molar-refractivity contribution is 6.01. The first kappa shape index (κ1) is 20.5. The van der Waals surface area contributed by atoms with Crippen LogP contribution in [0.3, 0.4) is 0 Å². The average Bonchev–Trinajstić information content (AvgIpc) is 3.65. The van der Waals surface area contributed by atoms with Crippen molar-refractivity contribution >= 4 is 16.3 Å². The molecule has 36 heavy (non-hydrogen) atoms. The number of pyridine rings is 1. The molecule has 0 saturated carbocycles. The molecular formula is C33H22N2O. The molecule has 0 fully saturated rings. The van der Waals surface area contributed by atoms with Crippen LogP contribution in [0.2, 0.25) is 0 Å². The molecule has 0 atom stereocenters. The van der Waals surface area contributed by atoms with Gasteiger partial charge in [-0.1, -0.05) is 97.1 Å². The van der Waals surface area contributed by atoms with Crippen molar-refractivity contribution in [2.45, 2.75) is 0 Å². The number of benzene rings is 4. The molecule has 4 aromatic carbocycles. The van der Waals surface area contributed by atoms with Gasteiger partial charge >= 0.3 is 0 Å². The SMILES string of the molecule is c1ccc(-c2ccc(-c3cc4c5ccc(-c6ccco6)cc5cc(-c5ccccc5)n4n3)cc2)cc1. The Morgan fingerprint density at radius 3 is 1.92 bits per heavy atom. The van der Waals surface area contributed by atoms with Crippen LogP contribution in [0.25, 0.3) is 61.3 Å². The van der Waals surface area contributed by atoms with E-state index in [1.807, 2.05) is 24.3 Å². The lowest BCUT2D eigenvalue weighted by molar-refractivity contribution is 0.582. The quantitative estimate of drug-likeness (QED) is 0.262. The van der Waals surface area contributed by atoms with E-state index in [-0.39, 0.29) is 0 Å². The molecule has 7 rings (SSSR count). The van der Waals surface area contributed by atoms with E-state index in [9.17, 15) is 0 Å². The molecule has 0 unspecified atom stereocenters. The predicted molar refractivity (Wildman–Crippen MR) is 147 cm³/mol. The van der Waals surface area contributed by atoms with E-state index in [4.69, 9.17) is 9.52 Å². The molecule has 3 nitrogen and oxygen atoms in total. The molecule has 170 valence electrons. The molecule has 7 aromatic rings. The Morgan fingerprint density at radius 1 is 0.528 bits per heavy atom. The highest BCUT2D eigenvalue weighted by atomic mass is 16.3. The molecule has 3 aromatic heterocycles. The molecule has 0 amide bonds. The number of fused-ring (bicyclic) bond motifs is 3. The van der Waals surface area contributed by atoms with Gasteiger partial charge < -0.3 is 4.42 Å². The second-order valence-corrected chi connectivity index (χ2v) is 8.94. The Bertz CT molecular complexity index is 1800. The second kappa shape index (κ2) is 8.40. The van der Waals surface area contributed by atoms with Crippen molar-refractivity contribution in [1.82, 2.24) is 9.61 Å². The fourth-order valence-electron chi connectivity index (χ4n) is 4.90. The first-order valence-electron chi connectivity index (χ1n) is 12.1. The van der Waals surface area contributed by atoms with Crippen molar-refractivity contribution in [2.24, 2.45) is 0 Å². The molecule has 0 saturated heterocycles. The normalized spacial score (nSPS) is 11.3. The third kappa shape index (κ3) is 3.50. The monoisotopic (exact) mass is 462 g/mol. The van der Waals surface area contributed by atoms with Gasteiger partial charge in [-0.2, -0.15) is 5.10 Å². The fourth-order valence-corrected chi connectivity index (χ4v) is 4.90. The van der Waals surface area contributed by atoms with E-state index in [1.54, 1.807) is 6.26 Å². The van der Waals surface area contributed by atoms with Crippen LogP contribution in [-0.4, -0.2) is 9.61 Å². The third-order valence-corrected chi connectivity index (χ3v) is 6.72. The average molecular weight is 463 g/mol. The molecule has 0 bridgehead atoms. The first-order valence-corrected chi connectivity index (χ1v) is 12.1. The number of furan rings is 1. The van der Waals surface area contributed by atoms with Gasteiger partial charge in [-0.05, 0) is 46.8 Å². The Kier molecular flexibility index (Phi) is 4.78. The van der Waals surface area contributed by atoms with Gasteiger partial charge in [0.2, 0.25) is 0 Å². The summed E-state index contributed by atoms with van der Waals surface area (Å²) in [5.41, 5.74) is 8.79. The fraction of sp³-hybridized carbons (Fsp3) is 0. The maximum atomic E-state index is 5.66. The molecule has 0 radical (unpaired) electrons. The van der Waals surface area contributed by atoms with Crippen molar-refractivity contribution in [3.63, 3.8) is 0 Å².